The number of anilines is 1. The van der Waals surface area contributed by atoms with E-state index in [9.17, 15) is 23.4 Å². The average molecular weight is 416 g/mol. The van der Waals surface area contributed by atoms with E-state index in [0.717, 1.165) is 19.0 Å². The van der Waals surface area contributed by atoms with Crippen molar-refractivity contribution in [1.82, 2.24) is 9.97 Å². The van der Waals surface area contributed by atoms with E-state index in [0.29, 0.717) is 29.8 Å². The Labute approximate surface area is 165 Å². The number of hydrogen-bond donors (Lipinski definition) is 3. The maximum atomic E-state index is 12.7. The van der Waals surface area contributed by atoms with Gasteiger partial charge >= 0.3 is 6.18 Å². The smallest absolute Gasteiger partial charge is 0.390 e. The third kappa shape index (κ3) is 4.92. The molecule has 1 atom stereocenters. The molecule has 0 spiro atoms. The van der Waals surface area contributed by atoms with E-state index >= 15 is 0 Å². The molecule has 152 valence electrons. The Bertz CT molecular complexity index is 818. The minimum absolute atomic E-state index is 0.128. The zero-order valence-electron chi connectivity index (χ0n) is 15.2. The van der Waals surface area contributed by atoms with Crippen LogP contribution in [-0.4, -0.2) is 38.0 Å². The number of aromatic nitrogens is 2. The number of pyridine rings is 2. The van der Waals surface area contributed by atoms with Crippen molar-refractivity contribution in [3.05, 3.63) is 41.3 Å². The molecule has 0 amide bonds. The van der Waals surface area contributed by atoms with E-state index in [1.807, 2.05) is 6.92 Å². The number of halogens is 4. The first kappa shape index (κ1) is 20.8. The lowest BCUT2D eigenvalue weighted by Gasteiger charge is -2.34. The second kappa shape index (κ2) is 7.85. The monoisotopic (exact) mass is 415 g/mol. The highest BCUT2D eigenvalue weighted by molar-refractivity contribution is 6.29. The summed E-state index contributed by atoms with van der Waals surface area (Å²) >= 11 is 6.01. The molecule has 0 radical (unpaired) electrons. The molecule has 2 aromatic rings. The second-order valence-electron chi connectivity index (χ2n) is 7.39. The molecular formula is C19H21ClF3N3O2. The van der Waals surface area contributed by atoms with Crippen LogP contribution in [0.15, 0.2) is 30.6 Å². The Morgan fingerprint density at radius 2 is 1.89 bits per heavy atom. The van der Waals surface area contributed by atoms with Crippen molar-refractivity contribution in [2.75, 3.05) is 5.32 Å². The molecule has 0 aromatic carbocycles. The van der Waals surface area contributed by atoms with Gasteiger partial charge in [-0.2, -0.15) is 13.2 Å². The lowest BCUT2D eigenvalue weighted by molar-refractivity contribution is -0.206. The molecule has 28 heavy (non-hydrogen) atoms. The summed E-state index contributed by atoms with van der Waals surface area (Å²) in [6, 6.07) is 4.37. The Kier molecular flexibility index (Phi) is 5.84. The lowest BCUT2D eigenvalue weighted by atomic mass is 9.83. The molecule has 5 nitrogen and oxygen atoms in total. The summed E-state index contributed by atoms with van der Waals surface area (Å²) in [5.74, 6) is 0. The van der Waals surface area contributed by atoms with Crippen molar-refractivity contribution in [2.45, 2.75) is 56.5 Å². The lowest BCUT2D eigenvalue weighted by Crippen LogP contribution is -2.35. The number of alkyl halides is 3. The van der Waals surface area contributed by atoms with Gasteiger partial charge in [0.1, 0.15) is 5.15 Å². The summed E-state index contributed by atoms with van der Waals surface area (Å²) in [6.07, 6.45) is -1.94. The Hall–Kier alpha value is -1.90. The van der Waals surface area contributed by atoms with E-state index in [4.69, 9.17) is 11.6 Å². The maximum absolute atomic E-state index is 12.7. The highest BCUT2D eigenvalue weighted by atomic mass is 35.5. The summed E-state index contributed by atoms with van der Waals surface area (Å²) in [7, 11) is 0. The topological polar surface area (TPSA) is 78.3 Å². The molecule has 1 unspecified atom stereocenters. The van der Waals surface area contributed by atoms with E-state index in [-0.39, 0.29) is 16.8 Å². The van der Waals surface area contributed by atoms with Gasteiger partial charge in [0.2, 0.25) is 0 Å². The van der Waals surface area contributed by atoms with Gasteiger partial charge in [-0.15, -0.1) is 0 Å². The zero-order chi connectivity index (χ0) is 20.5. The second-order valence-corrected chi connectivity index (χ2v) is 7.78. The van der Waals surface area contributed by atoms with Gasteiger partial charge in [-0.25, -0.2) is 4.98 Å². The first-order chi connectivity index (χ1) is 13.0. The molecule has 1 aliphatic carbocycles. The minimum atomic E-state index is -4.75. The van der Waals surface area contributed by atoms with Crippen LogP contribution in [0.4, 0.5) is 18.9 Å². The van der Waals surface area contributed by atoms with E-state index < -0.39 is 17.9 Å². The number of hydrogen-bond acceptors (Lipinski definition) is 5. The van der Waals surface area contributed by atoms with Gasteiger partial charge in [0.05, 0.1) is 11.3 Å². The van der Waals surface area contributed by atoms with E-state index in [2.05, 4.69) is 15.3 Å². The van der Waals surface area contributed by atoms with Crippen molar-refractivity contribution in [2.24, 2.45) is 0 Å². The number of nitrogens with one attached hydrogen (secondary N) is 1. The Balaban J connectivity index is 1.83. The number of aliphatic hydroxyl groups excluding tert-OH is 1. The standard InChI is InChI=1S/C19H21ClF3N3O2/c1-18(28)6-4-12(5-7-18)26-15-8-16(20)25-10-13(15)14-3-2-11(9-24-14)17(27)19(21,22)23/h2-3,8-10,12,17,27-28H,4-7H2,1H3,(H,25,26). The van der Waals surface area contributed by atoms with Gasteiger partial charge in [0.25, 0.3) is 0 Å². The van der Waals surface area contributed by atoms with Gasteiger partial charge in [0, 0.05) is 35.2 Å². The zero-order valence-corrected chi connectivity index (χ0v) is 15.9. The van der Waals surface area contributed by atoms with Crippen LogP contribution < -0.4 is 5.32 Å². The van der Waals surface area contributed by atoms with Crippen molar-refractivity contribution >= 4 is 17.3 Å². The summed E-state index contributed by atoms with van der Waals surface area (Å²) < 4.78 is 38.0. The van der Waals surface area contributed by atoms with Crippen LogP contribution in [0.1, 0.15) is 44.3 Å². The predicted molar refractivity (Wildman–Crippen MR) is 100.0 cm³/mol. The first-order valence-electron chi connectivity index (χ1n) is 8.91. The molecule has 1 saturated carbocycles. The molecule has 3 rings (SSSR count). The van der Waals surface area contributed by atoms with Crippen LogP contribution >= 0.6 is 11.6 Å². The third-order valence-electron chi connectivity index (χ3n) is 4.98. The van der Waals surface area contributed by atoms with Crippen LogP contribution in [-0.2, 0) is 0 Å². The van der Waals surface area contributed by atoms with E-state index in [1.54, 1.807) is 6.07 Å². The van der Waals surface area contributed by atoms with Crippen LogP contribution in [0.25, 0.3) is 11.3 Å². The largest absolute Gasteiger partial charge is 0.418 e. The van der Waals surface area contributed by atoms with Gasteiger partial charge in [0.15, 0.2) is 6.10 Å². The number of rotatable bonds is 4. The third-order valence-corrected chi connectivity index (χ3v) is 5.19. The van der Waals surface area contributed by atoms with Gasteiger partial charge < -0.3 is 15.5 Å². The maximum Gasteiger partial charge on any atom is 0.418 e. The first-order valence-corrected chi connectivity index (χ1v) is 9.28. The van der Waals surface area contributed by atoms with Crippen LogP contribution in [0.3, 0.4) is 0 Å². The molecule has 0 saturated heterocycles. The van der Waals surface area contributed by atoms with Crippen molar-refractivity contribution in [1.29, 1.82) is 0 Å². The SMILES string of the molecule is CC1(O)CCC(Nc2cc(Cl)ncc2-c2ccc(C(O)C(F)(F)F)cn2)CC1. The fraction of sp³-hybridized carbons (Fsp3) is 0.474. The Morgan fingerprint density at radius 3 is 2.46 bits per heavy atom. The molecule has 0 bridgehead atoms. The normalized spacial score (nSPS) is 24.0. The molecule has 3 N–H and O–H groups in total. The quantitative estimate of drug-likeness (QED) is 0.641. The number of nitrogens with zero attached hydrogens (tertiary/aromatic N) is 2. The molecule has 0 aliphatic heterocycles. The van der Waals surface area contributed by atoms with Crippen molar-refractivity contribution in [3.8, 4) is 11.3 Å². The summed E-state index contributed by atoms with van der Waals surface area (Å²) in [5.41, 5.74) is 0.681. The highest BCUT2D eigenvalue weighted by Gasteiger charge is 2.39. The van der Waals surface area contributed by atoms with Crippen molar-refractivity contribution in [3.63, 3.8) is 0 Å². The van der Waals surface area contributed by atoms with Gasteiger partial charge in [-0.3, -0.25) is 4.98 Å². The van der Waals surface area contributed by atoms with Gasteiger partial charge in [-0.05, 0) is 44.7 Å². The average Bonchev–Trinajstić information content (AvgIpc) is 2.62. The Morgan fingerprint density at radius 1 is 1.21 bits per heavy atom. The molecule has 9 heteroatoms. The summed E-state index contributed by atoms with van der Waals surface area (Å²) in [5, 5.41) is 23.1. The van der Waals surface area contributed by atoms with Crippen LogP contribution in [0.5, 0.6) is 0 Å². The summed E-state index contributed by atoms with van der Waals surface area (Å²) in [6.45, 7) is 1.82. The molecule has 1 aliphatic rings. The predicted octanol–water partition coefficient (Wildman–Crippen LogP) is 4.50. The number of aliphatic hydroxyl groups is 2. The fourth-order valence-electron chi connectivity index (χ4n) is 3.27. The molecule has 2 aromatic heterocycles. The minimum Gasteiger partial charge on any atom is -0.390 e. The van der Waals surface area contributed by atoms with E-state index in [1.165, 1.54) is 18.3 Å². The fourth-order valence-corrected chi connectivity index (χ4v) is 3.43. The molecular weight excluding hydrogens is 395 g/mol. The molecule has 1 fully saturated rings. The van der Waals surface area contributed by atoms with Crippen molar-refractivity contribution < 1.29 is 23.4 Å². The molecule has 2 heterocycles. The van der Waals surface area contributed by atoms with Crippen LogP contribution in [0.2, 0.25) is 5.15 Å². The summed E-state index contributed by atoms with van der Waals surface area (Å²) in [4.78, 5) is 8.11. The van der Waals surface area contributed by atoms with Gasteiger partial charge in [-0.1, -0.05) is 17.7 Å². The van der Waals surface area contributed by atoms with Crippen LogP contribution in [0, 0.1) is 0 Å². The highest BCUT2D eigenvalue weighted by Crippen LogP contribution is 2.35.